The number of alkyl halides is 5. The molecule has 1 N–H and O–H groups in total. The second-order valence-electron chi connectivity index (χ2n) is 6.26. The number of piperazine rings is 1. The van der Waals surface area contributed by atoms with Gasteiger partial charge in [-0.25, -0.2) is 13.6 Å². The minimum atomic E-state index is -4.35. The second kappa shape index (κ2) is 9.84. The Morgan fingerprint density at radius 3 is 2.22 bits per heavy atom. The van der Waals surface area contributed by atoms with Crippen molar-refractivity contribution >= 4 is 6.03 Å². The molecule has 27 heavy (non-hydrogen) atoms. The Labute approximate surface area is 154 Å². The SMILES string of the molecule is O=C(NCc1ccc(COCC(F)(F)F)cc1)N1CCN(CC(F)F)CC1. The van der Waals surface area contributed by atoms with E-state index in [9.17, 15) is 26.7 Å². The standard InChI is InChI=1S/C17H22F5N3O2/c18-15(19)10-24-5-7-25(8-6-24)16(26)23-9-13-1-3-14(4-2-13)11-27-12-17(20,21)22/h1-4,15H,5-12H2,(H,23,26). The van der Waals surface area contributed by atoms with Gasteiger partial charge in [0, 0.05) is 32.7 Å². The number of nitrogens with zero attached hydrogens (tertiary/aromatic N) is 2. The monoisotopic (exact) mass is 395 g/mol. The fourth-order valence-corrected chi connectivity index (χ4v) is 2.66. The first kappa shape index (κ1) is 21.4. The summed E-state index contributed by atoms with van der Waals surface area (Å²) in [6.07, 6.45) is -6.73. The normalized spacial score (nSPS) is 16.0. The van der Waals surface area contributed by atoms with Crippen LogP contribution in [0.1, 0.15) is 11.1 Å². The highest BCUT2D eigenvalue weighted by molar-refractivity contribution is 5.74. The van der Waals surface area contributed by atoms with Gasteiger partial charge in [0.2, 0.25) is 0 Å². The minimum absolute atomic E-state index is 0.144. The molecule has 1 saturated heterocycles. The average Bonchev–Trinajstić information content (AvgIpc) is 2.60. The lowest BCUT2D eigenvalue weighted by molar-refractivity contribution is -0.176. The van der Waals surface area contributed by atoms with Crippen LogP contribution in [-0.4, -0.2) is 67.8 Å². The quantitative estimate of drug-likeness (QED) is 0.723. The van der Waals surface area contributed by atoms with Gasteiger partial charge in [-0.05, 0) is 11.1 Å². The lowest BCUT2D eigenvalue weighted by Crippen LogP contribution is -2.52. The topological polar surface area (TPSA) is 44.8 Å². The molecule has 1 heterocycles. The summed E-state index contributed by atoms with van der Waals surface area (Å²) in [4.78, 5) is 15.3. The van der Waals surface area contributed by atoms with Gasteiger partial charge in [0.1, 0.15) is 6.61 Å². The highest BCUT2D eigenvalue weighted by Crippen LogP contribution is 2.16. The van der Waals surface area contributed by atoms with Crippen molar-refractivity contribution in [3.8, 4) is 0 Å². The zero-order chi connectivity index (χ0) is 19.9. The fourth-order valence-electron chi connectivity index (χ4n) is 2.66. The lowest BCUT2D eigenvalue weighted by Gasteiger charge is -2.34. The molecule has 0 spiro atoms. The molecule has 0 aliphatic carbocycles. The van der Waals surface area contributed by atoms with Crippen molar-refractivity contribution in [2.24, 2.45) is 0 Å². The molecule has 1 aromatic carbocycles. The number of halogens is 5. The summed E-state index contributed by atoms with van der Waals surface area (Å²) < 4.78 is 65.3. The molecular weight excluding hydrogens is 373 g/mol. The van der Waals surface area contributed by atoms with E-state index in [4.69, 9.17) is 0 Å². The molecule has 1 aromatic rings. The van der Waals surface area contributed by atoms with Crippen LogP contribution in [0.4, 0.5) is 26.7 Å². The van der Waals surface area contributed by atoms with Crippen LogP contribution < -0.4 is 5.32 Å². The molecule has 0 atom stereocenters. The predicted molar refractivity (Wildman–Crippen MR) is 88.4 cm³/mol. The maximum atomic E-state index is 12.3. The van der Waals surface area contributed by atoms with Crippen molar-refractivity contribution in [3.05, 3.63) is 35.4 Å². The number of carbonyl (C=O) groups excluding carboxylic acids is 1. The van der Waals surface area contributed by atoms with Crippen molar-refractivity contribution in [1.29, 1.82) is 0 Å². The first-order valence-electron chi connectivity index (χ1n) is 8.48. The van der Waals surface area contributed by atoms with Crippen molar-refractivity contribution in [2.45, 2.75) is 25.8 Å². The van der Waals surface area contributed by atoms with E-state index in [0.717, 1.165) is 5.56 Å². The Bertz CT molecular complexity index is 587. The Balaban J connectivity index is 1.69. The van der Waals surface area contributed by atoms with Crippen LogP contribution in [0, 0.1) is 0 Å². The van der Waals surface area contributed by atoms with E-state index in [0.29, 0.717) is 31.7 Å². The van der Waals surface area contributed by atoms with Gasteiger partial charge in [-0.15, -0.1) is 0 Å². The Morgan fingerprint density at radius 2 is 1.67 bits per heavy atom. The van der Waals surface area contributed by atoms with Crippen LogP contribution in [-0.2, 0) is 17.9 Å². The zero-order valence-electron chi connectivity index (χ0n) is 14.6. The van der Waals surface area contributed by atoms with Crippen LogP contribution in [0.5, 0.6) is 0 Å². The highest BCUT2D eigenvalue weighted by atomic mass is 19.4. The molecule has 1 aliphatic heterocycles. The van der Waals surface area contributed by atoms with Crippen LogP contribution in [0.2, 0.25) is 0 Å². The summed E-state index contributed by atoms with van der Waals surface area (Å²) in [6.45, 7) is 0.121. The van der Waals surface area contributed by atoms with Crippen molar-refractivity contribution in [3.63, 3.8) is 0 Å². The lowest BCUT2D eigenvalue weighted by atomic mass is 10.1. The number of amides is 2. The van der Waals surface area contributed by atoms with Crippen LogP contribution >= 0.6 is 0 Å². The van der Waals surface area contributed by atoms with Crippen LogP contribution in [0.25, 0.3) is 0 Å². The van der Waals surface area contributed by atoms with E-state index in [1.165, 1.54) is 0 Å². The third kappa shape index (κ3) is 8.08. The number of ether oxygens (including phenoxy) is 1. The van der Waals surface area contributed by atoms with Gasteiger partial charge >= 0.3 is 12.2 Å². The predicted octanol–water partition coefficient (Wildman–Crippen LogP) is 2.86. The van der Waals surface area contributed by atoms with Gasteiger partial charge in [-0.2, -0.15) is 13.2 Å². The third-order valence-electron chi connectivity index (χ3n) is 4.06. The number of hydrogen-bond acceptors (Lipinski definition) is 3. The molecule has 1 aliphatic rings. The van der Waals surface area contributed by atoms with E-state index in [1.54, 1.807) is 34.1 Å². The molecule has 152 valence electrons. The number of urea groups is 1. The average molecular weight is 395 g/mol. The molecular formula is C17H22F5N3O2. The third-order valence-corrected chi connectivity index (χ3v) is 4.06. The van der Waals surface area contributed by atoms with E-state index < -0.39 is 19.2 Å². The fraction of sp³-hybridized carbons (Fsp3) is 0.588. The number of nitrogens with one attached hydrogen (secondary N) is 1. The van der Waals surface area contributed by atoms with Crippen molar-refractivity contribution in [2.75, 3.05) is 39.3 Å². The molecule has 0 unspecified atom stereocenters. The minimum Gasteiger partial charge on any atom is -0.367 e. The van der Waals surface area contributed by atoms with Crippen molar-refractivity contribution in [1.82, 2.24) is 15.1 Å². The summed E-state index contributed by atoms with van der Waals surface area (Å²) in [5.41, 5.74) is 1.39. The smallest absolute Gasteiger partial charge is 0.367 e. The summed E-state index contributed by atoms with van der Waals surface area (Å²) >= 11 is 0. The number of hydrogen-bond donors (Lipinski definition) is 1. The molecule has 1 fully saturated rings. The van der Waals surface area contributed by atoms with E-state index >= 15 is 0 Å². The highest BCUT2D eigenvalue weighted by Gasteiger charge is 2.27. The molecule has 2 rings (SSSR count). The molecule has 10 heteroatoms. The van der Waals surface area contributed by atoms with Gasteiger partial charge in [-0.1, -0.05) is 24.3 Å². The largest absolute Gasteiger partial charge is 0.411 e. The summed E-state index contributed by atoms with van der Waals surface area (Å²) in [5, 5.41) is 2.75. The molecule has 0 bridgehead atoms. The maximum absolute atomic E-state index is 12.3. The zero-order valence-corrected chi connectivity index (χ0v) is 14.6. The van der Waals surface area contributed by atoms with Crippen LogP contribution in [0.15, 0.2) is 24.3 Å². The number of benzene rings is 1. The Kier molecular flexibility index (Phi) is 7.78. The molecule has 0 saturated carbocycles. The van der Waals surface area contributed by atoms with Crippen LogP contribution in [0.3, 0.4) is 0 Å². The van der Waals surface area contributed by atoms with E-state index in [-0.39, 0.29) is 25.7 Å². The van der Waals surface area contributed by atoms with E-state index in [1.807, 2.05) is 0 Å². The number of rotatable bonds is 7. The molecule has 0 aromatic heterocycles. The Hall–Kier alpha value is -1.94. The summed E-state index contributed by atoms with van der Waals surface area (Å²) in [6, 6.07) is 6.41. The second-order valence-corrected chi connectivity index (χ2v) is 6.26. The maximum Gasteiger partial charge on any atom is 0.411 e. The molecule has 5 nitrogen and oxygen atoms in total. The van der Waals surface area contributed by atoms with Crippen molar-refractivity contribution < 1.29 is 31.5 Å². The number of carbonyl (C=O) groups is 1. The Morgan fingerprint density at radius 1 is 1.07 bits per heavy atom. The van der Waals surface area contributed by atoms with Gasteiger partial charge < -0.3 is 15.0 Å². The summed E-state index contributed by atoms with van der Waals surface area (Å²) in [7, 11) is 0. The summed E-state index contributed by atoms with van der Waals surface area (Å²) in [5.74, 6) is 0. The first-order chi connectivity index (χ1) is 12.7. The molecule has 0 radical (unpaired) electrons. The van der Waals surface area contributed by atoms with Gasteiger partial charge in [0.05, 0.1) is 13.2 Å². The van der Waals surface area contributed by atoms with Gasteiger partial charge in [0.15, 0.2) is 0 Å². The first-order valence-corrected chi connectivity index (χ1v) is 8.48. The van der Waals surface area contributed by atoms with E-state index in [2.05, 4.69) is 10.1 Å². The molecule has 2 amide bonds. The van der Waals surface area contributed by atoms with Gasteiger partial charge in [-0.3, -0.25) is 4.90 Å². The van der Waals surface area contributed by atoms with Gasteiger partial charge in [0.25, 0.3) is 6.43 Å².